The number of carboxylic acid groups (broad SMARTS) is 1. The van der Waals surface area contributed by atoms with Crippen LogP contribution in [-0.2, 0) is 32.3 Å². The van der Waals surface area contributed by atoms with Gasteiger partial charge in [0.25, 0.3) is 5.97 Å². The molecule has 0 aliphatic carbocycles. The Bertz CT molecular complexity index is 40.1. The molecule has 0 spiro atoms. The van der Waals surface area contributed by atoms with Gasteiger partial charge in [-0.25, -0.2) is 0 Å². The molecular weight excluding hydrogens is 163 g/mol. The number of rotatable bonds is 0. The van der Waals surface area contributed by atoms with Crippen molar-refractivity contribution in [3.63, 3.8) is 0 Å². The number of hydrogen-bond acceptors (Lipinski definition) is 2. The molecule has 0 aliphatic heterocycles. The van der Waals surface area contributed by atoms with Crippen LogP contribution in [0.15, 0.2) is 0 Å². The van der Waals surface area contributed by atoms with Gasteiger partial charge in [0, 0.05) is 6.92 Å². The molecule has 1 N–H and O–H groups in total. The van der Waals surface area contributed by atoms with Crippen LogP contribution in [-0.4, -0.2) is 11.1 Å². The molecule has 0 unspecified atom stereocenters. The van der Waals surface area contributed by atoms with Crippen molar-refractivity contribution in [1.82, 2.24) is 0 Å². The molecule has 4 heteroatoms. The molecule has 0 atom stereocenters. The summed E-state index contributed by atoms with van der Waals surface area (Å²) in [6, 6.07) is 0. The second-order valence-corrected chi connectivity index (χ2v) is 0.519. The topological polar surface area (TPSA) is 54.4 Å². The third kappa shape index (κ3) is 1760. The zero-order valence-corrected chi connectivity index (χ0v) is 5.72. The Morgan fingerprint density at radius 2 is 1.67 bits per heavy atom. The van der Waals surface area contributed by atoms with Gasteiger partial charge in [0.05, 0.1) is 0 Å². The SMILES string of the molecule is CC(=O)O.[O]=[Zr]. The second-order valence-electron chi connectivity index (χ2n) is 0.519. The van der Waals surface area contributed by atoms with Gasteiger partial charge < -0.3 is 5.11 Å². The van der Waals surface area contributed by atoms with Gasteiger partial charge >= 0.3 is 27.5 Å². The van der Waals surface area contributed by atoms with Crippen LogP contribution in [0.2, 0.25) is 0 Å². The minimum absolute atomic E-state index is 0.300. The maximum absolute atomic E-state index is 9.00. The van der Waals surface area contributed by atoms with E-state index in [1.165, 1.54) is 0 Å². The van der Waals surface area contributed by atoms with Crippen molar-refractivity contribution >= 4 is 5.97 Å². The third-order valence-corrected chi connectivity index (χ3v) is 0. The Labute approximate surface area is 50.6 Å². The fourth-order valence-corrected chi connectivity index (χ4v) is 0. The van der Waals surface area contributed by atoms with E-state index in [9.17, 15) is 0 Å². The maximum atomic E-state index is 9.00. The van der Waals surface area contributed by atoms with Gasteiger partial charge in [-0.1, -0.05) is 0 Å². The van der Waals surface area contributed by atoms with Gasteiger partial charge in [0.2, 0.25) is 0 Å². The van der Waals surface area contributed by atoms with E-state index >= 15 is 0 Å². The van der Waals surface area contributed by atoms with Crippen molar-refractivity contribution in [1.29, 1.82) is 0 Å². The van der Waals surface area contributed by atoms with Gasteiger partial charge in [-0.05, 0) is 0 Å². The van der Waals surface area contributed by atoms with Crippen LogP contribution in [0.5, 0.6) is 0 Å². The van der Waals surface area contributed by atoms with E-state index in [0.717, 1.165) is 6.92 Å². The third-order valence-electron chi connectivity index (χ3n) is 0. The van der Waals surface area contributed by atoms with Gasteiger partial charge in [-0.2, -0.15) is 0 Å². The van der Waals surface area contributed by atoms with E-state index in [1.807, 2.05) is 0 Å². The summed E-state index contributed by atoms with van der Waals surface area (Å²) in [5.74, 6) is -0.833. The van der Waals surface area contributed by atoms with Crippen LogP contribution in [0.4, 0.5) is 0 Å². The fourth-order valence-electron chi connectivity index (χ4n) is 0. The zero-order valence-electron chi connectivity index (χ0n) is 3.26. The molecule has 0 rings (SSSR count). The summed E-state index contributed by atoms with van der Waals surface area (Å²) in [5, 5.41) is 7.42. The van der Waals surface area contributed by atoms with Crippen LogP contribution in [0.25, 0.3) is 0 Å². The summed E-state index contributed by atoms with van der Waals surface area (Å²) in [4.78, 5) is 9.00. The van der Waals surface area contributed by atoms with Crippen molar-refractivity contribution < 1.29 is 37.4 Å². The van der Waals surface area contributed by atoms with Crippen molar-refractivity contribution in [2.45, 2.75) is 6.92 Å². The Morgan fingerprint density at radius 1 is 1.67 bits per heavy atom. The predicted octanol–water partition coefficient (Wildman–Crippen LogP) is -0.0304. The summed E-state index contributed by atoms with van der Waals surface area (Å²) < 4.78 is 8.34. The predicted molar refractivity (Wildman–Crippen MR) is 14.0 cm³/mol. The van der Waals surface area contributed by atoms with E-state index in [2.05, 4.69) is 0 Å². The Kier molecular flexibility index (Phi) is 14.1. The van der Waals surface area contributed by atoms with Crippen LogP contribution < -0.4 is 0 Å². The molecule has 0 saturated heterocycles. The first-order valence-electron chi connectivity index (χ1n) is 1.13. The van der Waals surface area contributed by atoms with Crippen molar-refractivity contribution in [3.05, 3.63) is 0 Å². The van der Waals surface area contributed by atoms with E-state index in [0.29, 0.717) is 24.7 Å². The average Bonchev–Trinajstić information content (AvgIpc) is 1.41. The van der Waals surface area contributed by atoms with Gasteiger partial charge in [-0.3, -0.25) is 4.79 Å². The molecule has 0 aromatic rings. The first-order valence-corrected chi connectivity index (χ1v) is 2.14. The summed E-state index contributed by atoms with van der Waals surface area (Å²) in [6.45, 7) is 1.08. The molecule has 0 aromatic heterocycles. The second kappa shape index (κ2) is 8.94. The van der Waals surface area contributed by atoms with Gasteiger partial charge in [0.15, 0.2) is 0 Å². The molecule has 0 bridgehead atoms. The van der Waals surface area contributed by atoms with Gasteiger partial charge in [0.1, 0.15) is 0 Å². The Morgan fingerprint density at radius 3 is 1.67 bits per heavy atom. The number of carbonyl (C=O) groups is 1. The molecule has 0 saturated carbocycles. The van der Waals surface area contributed by atoms with Crippen LogP contribution in [0.3, 0.4) is 0 Å². The molecule has 0 amide bonds. The minimum atomic E-state index is -0.833. The first-order chi connectivity index (χ1) is 2.73. The van der Waals surface area contributed by atoms with E-state index in [-0.39, 0.29) is 0 Å². The van der Waals surface area contributed by atoms with Gasteiger partial charge in [-0.15, -0.1) is 0 Å². The van der Waals surface area contributed by atoms with Crippen molar-refractivity contribution in [2.24, 2.45) is 0 Å². The Hall–Kier alpha value is 0.153. The molecule has 0 radical (unpaired) electrons. The summed E-state index contributed by atoms with van der Waals surface area (Å²) in [5.41, 5.74) is 0. The summed E-state index contributed by atoms with van der Waals surface area (Å²) >= 11 is 0.300. The van der Waals surface area contributed by atoms with E-state index in [4.69, 9.17) is 12.7 Å². The van der Waals surface area contributed by atoms with Crippen LogP contribution >= 0.6 is 0 Å². The van der Waals surface area contributed by atoms with Crippen LogP contribution in [0, 0.1) is 0 Å². The van der Waals surface area contributed by atoms with E-state index in [1.54, 1.807) is 0 Å². The monoisotopic (exact) mass is 166 g/mol. The molecular formula is C2H4O3Zr. The molecule has 0 aromatic carbocycles. The standard InChI is InChI=1S/C2H4O2.O.Zr/c1-2(3)4;;/h1H3,(H,3,4);;. The normalized spacial score (nSPS) is 4.67. The fraction of sp³-hybridized carbons (Fsp3) is 0.500. The average molecular weight is 167 g/mol. The molecule has 3 nitrogen and oxygen atoms in total. The number of aliphatic carboxylic acids is 1. The van der Waals surface area contributed by atoms with Crippen molar-refractivity contribution in [3.8, 4) is 0 Å². The molecule has 0 fully saturated rings. The molecule has 0 heterocycles. The van der Waals surface area contributed by atoms with Crippen LogP contribution in [0.1, 0.15) is 6.92 Å². The quantitative estimate of drug-likeness (QED) is 0.551. The number of hydrogen-bond donors (Lipinski definition) is 1. The summed E-state index contributed by atoms with van der Waals surface area (Å²) in [6.07, 6.45) is 0. The molecule has 6 heavy (non-hydrogen) atoms. The zero-order chi connectivity index (χ0) is 5.58. The number of carboxylic acids is 1. The molecule has 34 valence electrons. The Balaban J connectivity index is 0. The van der Waals surface area contributed by atoms with E-state index < -0.39 is 5.97 Å². The summed E-state index contributed by atoms with van der Waals surface area (Å²) in [7, 11) is 0. The van der Waals surface area contributed by atoms with Crippen molar-refractivity contribution in [2.75, 3.05) is 0 Å². The first kappa shape index (κ1) is 9.47. The molecule has 0 aliphatic rings.